The lowest BCUT2D eigenvalue weighted by Crippen LogP contribution is -2.92. The molecule has 2 rings (SSSR count). The number of benzene rings is 2. The van der Waals surface area contributed by atoms with Crippen molar-refractivity contribution >= 4 is 5.97 Å². The van der Waals surface area contributed by atoms with E-state index in [0.29, 0.717) is 16.7 Å². The SMILES string of the molecule is CCC(COC(=O)c1cc(CO)c(CO)c(CO)c1)([NH2+]C)c1ccccc1. The van der Waals surface area contributed by atoms with E-state index in [9.17, 15) is 20.1 Å². The number of rotatable bonds is 9. The summed E-state index contributed by atoms with van der Waals surface area (Å²) in [6.07, 6.45) is 0.772. The number of carbonyl (C=O) groups excluding carboxylic acids is 1. The number of nitrogens with two attached hydrogens (primary N) is 1. The Morgan fingerprint density at radius 3 is 2.07 bits per heavy atom. The van der Waals surface area contributed by atoms with Gasteiger partial charge in [0.05, 0.1) is 32.4 Å². The summed E-state index contributed by atoms with van der Waals surface area (Å²) in [6, 6.07) is 12.9. The highest BCUT2D eigenvalue weighted by atomic mass is 16.5. The Kier molecular flexibility index (Phi) is 7.50. The van der Waals surface area contributed by atoms with Crippen molar-refractivity contribution in [2.24, 2.45) is 0 Å². The minimum atomic E-state index is -0.528. The zero-order chi connectivity index (χ0) is 19.9. The van der Waals surface area contributed by atoms with Crippen LogP contribution in [-0.2, 0) is 30.1 Å². The smallest absolute Gasteiger partial charge is 0.338 e. The maximum Gasteiger partial charge on any atom is 0.338 e. The van der Waals surface area contributed by atoms with Gasteiger partial charge in [-0.1, -0.05) is 37.3 Å². The molecule has 0 aliphatic carbocycles. The number of likely N-dealkylation sites (N-methyl/N-ethyl adjacent to an activating group) is 1. The lowest BCUT2D eigenvalue weighted by Gasteiger charge is -2.29. The number of esters is 1. The topological polar surface area (TPSA) is 104 Å². The molecule has 2 aromatic rings. The number of carbonyl (C=O) groups is 1. The van der Waals surface area contributed by atoms with Crippen molar-refractivity contribution in [3.8, 4) is 0 Å². The van der Waals surface area contributed by atoms with Crippen LogP contribution in [-0.4, -0.2) is 34.9 Å². The number of hydrogen-bond donors (Lipinski definition) is 4. The van der Waals surface area contributed by atoms with Crippen LogP contribution in [0.1, 0.15) is 46.0 Å². The number of quaternary nitrogens is 1. The fourth-order valence-corrected chi connectivity index (χ4v) is 3.29. The number of ether oxygens (including phenoxy) is 1. The first kappa shape index (κ1) is 21.1. The zero-order valence-electron chi connectivity index (χ0n) is 15.8. The summed E-state index contributed by atoms with van der Waals surface area (Å²) >= 11 is 0. The van der Waals surface area contributed by atoms with E-state index in [-0.39, 0.29) is 37.5 Å². The summed E-state index contributed by atoms with van der Waals surface area (Å²) in [4.78, 5) is 12.6. The molecule has 0 aromatic heterocycles. The molecule has 5 N–H and O–H groups in total. The highest BCUT2D eigenvalue weighted by molar-refractivity contribution is 5.90. The summed E-state index contributed by atoms with van der Waals surface area (Å²) < 4.78 is 5.61. The fourth-order valence-electron chi connectivity index (χ4n) is 3.29. The van der Waals surface area contributed by atoms with Gasteiger partial charge in [0, 0.05) is 12.0 Å². The molecule has 0 saturated carbocycles. The first-order valence-electron chi connectivity index (χ1n) is 9.05. The standard InChI is InChI=1S/C21H27NO5/c1-3-21(22-2,18-7-5-4-6-8-18)14-27-20(26)15-9-16(11-23)19(13-25)17(10-15)12-24/h4-10,22-25H,3,11-14H2,1-2H3/p+1. The molecule has 0 aliphatic heterocycles. The van der Waals surface area contributed by atoms with E-state index < -0.39 is 5.97 Å². The van der Waals surface area contributed by atoms with Crippen molar-refractivity contribution < 1.29 is 30.2 Å². The third-order valence-electron chi connectivity index (χ3n) is 5.16. The summed E-state index contributed by atoms with van der Waals surface area (Å²) in [7, 11) is 1.95. The van der Waals surface area contributed by atoms with E-state index in [1.807, 2.05) is 49.6 Å². The third kappa shape index (κ3) is 4.54. The minimum absolute atomic E-state index is 0.188. The molecular formula is C21H28NO5+. The van der Waals surface area contributed by atoms with Gasteiger partial charge in [0.25, 0.3) is 0 Å². The van der Waals surface area contributed by atoms with Gasteiger partial charge in [0.2, 0.25) is 0 Å². The molecule has 0 spiro atoms. The Morgan fingerprint density at radius 2 is 1.63 bits per heavy atom. The predicted molar refractivity (Wildman–Crippen MR) is 101 cm³/mol. The molecule has 0 saturated heterocycles. The quantitative estimate of drug-likeness (QED) is 0.487. The second-order valence-electron chi connectivity index (χ2n) is 6.49. The van der Waals surface area contributed by atoms with E-state index in [0.717, 1.165) is 12.0 Å². The molecule has 0 heterocycles. The van der Waals surface area contributed by atoms with Crippen molar-refractivity contribution in [2.75, 3.05) is 13.7 Å². The van der Waals surface area contributed by atoms with E-state index >= 15 is 0 Å². The number of hydrogen-bond acceptors (Lipinski definition) is 5. The average Bonchev–Trinajstić information content (AvgIpc) is 2.74. The zero-order valence-corrected chi connectivity index (χ0v) is 15.8. The summed E-state index contributed by atoms with van der Waals surface area (Å²) in [5, 5.41) is 30.5. The van der Waals surface area contributed by atoms with E-state index in [4.69, 9.17) is 4.74 Å². The highest BCUT2D eigenvalue weighted by Gasteiger charge is 2.34. The van der Waals surface area contributed by atoms with Gasteiger partial charge in [0.1, 0.15) is 0 Å². The first-order chi connectivity index (χ1) is 13.0. The van der Waals surface area contributed by atoms with E-state index in [1.165, 1.54) is 12.1 Å². The average molecular weight is 374 g/mol. The molecule has 2 aromatic carbocycles. The Hall–Kier alpha value is -2.25. The summed E-state index contributed by atoms with van der Waals surface area (Å²) in [5.41, 5.74) is 2.18. The third-order valence-corrected chi connectivity index (χ3v) is 5.16. The molecule has 1 atom stereocenters. The van der Waals surface area contributed by atoms with Gasteiger partial charge >= 0.3 is 5.97 Å². The minimum Gasteiger partial charge on any atom is -0.455 e. The molecule has 0 bridgehead atoms. The maximum absolute atomic E-state index is 12.6. The molecule has 6 nitrogen and oxygen atoms in total. The van der Waals surface area contributed by atoms with E-state index in [2.05, 4.69) is 0 Å². The molecule has 0 radical (unpaired) electrons. The Morgan fingerprint density at radius 1 is 1.04 bits per heavy atom. The van der Waals surface area contributed by atoms with Crippen LogP contribution in [0.5, 0.6) is 0 Å². The highest BCUT2D eigenvalue weighted by Crippen LogP contribution is 2.23. The molecule has 27 heavy (non-hydrogen) atoms. The van der Waals surface area contributed by atoms with Crippen LogP contribution < -0.4 is 5.32 Å². The van der Waals surface area contributed by atoms with Crippen molar-refractivity contribution in [1.82, 2.24) is 0 Å². The van der Waals surface area contributed by atoms with Crippen LogP contribution in [0.25, 0.3) is 0 Å². The molecule has 0 fully saturated rings. The van der Waals surface area contributed by atoms with Crippen molar-refractivity contribution in [3.63, 3.8) is 0 Å². The molecule has 0 aliphatic rings. The van der Waals surface area contributed by atoms with Gasteiger partial charge in [-0.2, -0.15) is 0 Å². The van der Waals surface area contributed by atoms with Crippen LogP contribution >= 0.6 is 0 Å². The Bertz CT molecular complexity index is 731. The monoisotopic (exact) mass is 374 g/mol. The lowest BCUT2D eigenvalue weighted by molar-refractivity contribution is -0.715. The molecule has 1 unspecified atom stereocenters. The van der Waals surface area contributed by atoms with Crippen LogP contribution in [0.4, 0.5) is 0 Å². The van der Waals surface area contributed by atoms with Crippen LogP contribution in [0, 0.1) is 0 Å². The maximum atomic E-state index is 12.6. The van der Waals surface area contributed by atoms with Crippen molar-refractivity contribution in [2.45, 2.75) is 38.7 Å². The first-order valence-corrected chi connectivity index (χ1v) is 9.05. The summed E-state index contributed by atoms with van der Waals surface area (Å²) in [6.45, 7) is 1.24. The Balaban J connectivity index is 2.26. The van der Waals surface area contributed by atoms with Crippen LogP contribution in [0.3, 0.4) is 0 Å². The van der Waals surface area contributed by atoms with Gasteiger partial charge in [-0.25, -0.2) is 4.79 Å². The Labute approximate surface area is 159 Å². The van der Waals surface area contributed by atoms with Gasteiger partial charge in [0.15, 0.2) is 12.1 Å². The van der Waals surface area contributed by atoms with Crippen molar-refractivity contribution in [3.05, 3.63) is 70.3 Å². The van der Waals surface area contributed by atoms with Gasteiger partial charge in [-0.15, -0.1) is 0 Å². The predicted octanol–water partition coefficient (Wildman–Crippen LogP) is 0.819. The summed E-state index contributed by atoms with van der Waals surface area (Å²) in [5.74, 6) is -0.528. The second-order valence-corrected chi connectivity index (χ2v) is 6.49. The van der Waals surface area contributed by atoms with Crippen LogP contribution in [0.15, 0.2) is 42.5 Å². The molecule has 0 amide bonds. The molecular weight excluding hydrogens is 346 g/mol. The number of aliphatic hydroxyl groups excluding tert-OH is 3. The molecule has 146 valence electrons. The molecule has 6 heteroatoms. The normalized spacial score (nSPS) is 13.2. The lowest BCUT2D eigenvalue weighted by atomic mass is 9.88. The number of aliphatic hydroxyl groups is 3. The van der Waals surface area contributed by atoms with E-state index in [1.54, 1.807) is 0 Å². The van der Waals surface area contributed by atoms with Crippen LogP contribution in [0.2, 0.25) is 0 Å². The van der Waals surface area contributed by atoms with Gasteiger partial charge in [-0.3, -0.25) is 0 Å². The second kappa shape index (κ2) is 9.62. The fraction of sp³-hybridized carbons (Fsp3) is 0.381. The largest absolute Gasteiger partial charge is 0.455 e. The van der Waals surface area contributed by atoms with Crippen molar-refractivity contribution in [1.29, 1.82) is 0 Å². The van der Waals surface area contributed by atoms with Gasteiger partial charge < -0.3 is 25.4 Å². The van der Waals surface area contributed by atoms with Gasteiger partial charge in [-0.05, 0) is 28.8 Å².